The average molecular weight is 336 g/mol. The number of rotatable bonds is 2. The highest BCUT2D eigenvalue weighted by Crippen LogP contribution is 2.72. The van der Waals surface area contributed by atoms with Crippen molar-refractivity contribution in [3.8, 4) is 0 Å². The number of fused-ring (bicyclic) bond motifs is 3. The summed E-state index contributed by atoms with van der Waals surface area (Å²) in [6.07, 6.45) is 7.52. The first-order valence-corrected chi connectivity index (χ1v) is 9.82. The Labute approximate surface area is 144 Å². The van der Waals surface area contributed by atoms with Gasteiger partial charge in [0.15, 0.2) is 0 Å². The Bertz CT molecular complexity index is 548. The Morgan fingerprint density at radius 3 is 2.50 bits per heavy atom. The summed E-state index contributed by atoms with van der Waals surface area (Å²) in [5, 5.41) is 30.8. The molecule has 0 aliphatic heterocycles. The molecule has 4 heteroatoms. The number of carboxylic acids is 1. The van der Waals surface area contributed by atoms with Gasteiger partial charge in [0.2, 0.25) is 0 Å². The van der Waals surface area contributed by atoms with Gasteiger partial charge in [-0.3, -0.25) is 4.79 Å². The van der Waals surface area contributed by atoms with Crippen molar-refractivity contribution in [3.63, 3.8) is 0 Å². The highest BCUT2D eigenvalue weighted by Gasteiger charge is 2.68. The molecule has 1 spiro atoms. The molecule has 3 N–H and O–H groups in total. The second kappa shape index (κ2) is 5.20. The van der Waals surface area contributed by atoms with E-state index in [0.717, 1.165) is 51.4 Å². The van der Waals surface area contributed by atoms with Crippen LogP contribution in [0.2, 0.25) is 0 Å². The number of aliphatic hydroxyl groups is 2. The summed E-state index contributed by atoms with van der Waals surface area (Å²) in [5.41, 5.74) is -0.677. The van der Waals surface area contributed by atoms with Crippen LogP contribution in [-0.4, -0.2) is 34.0 Å². The van der Waals surface area contributed by atoms with Crippen LogP contribution in [0, 0.1) is 39.9 Å². The topological polar surface area (TPSA) is 77.8 Å². The molecule has 4 fully saturated rings. The van der Waals surface area contributed by atoms with Gasteiger partial charge in [-0.25, -0.2) is 0 Å². The maximum absolute atomic E-state index is 12.1. The van der Waals surface area contributed by atoms with E-state index in [1.54, 1.807) is 0 Å². The van der Waals surface area contributed by atoms with Crippen LogP contribution in [0.4, 0.5) is 0 Å². The molecule has 0 saturated heterocycles. The molecule has 0 heterocycles. The SMILES string of the molecule is C[C@@]12CCC[C@@](C)(C(=O)O)[C@H]1CC[C@@]13C[C@@H](CC[C@@H]21)[C@@H](CO)[C@H]3O. The fraction of sp³-hybridized carbons (Fsp3) is 0.950. The minimum Gasteiger partial charge on any atom is -0.481 e. The molecule has 8 atom stereocenters. The molecule has 0 aromatic rings. The molecular formula is C20H32O4. The van der Waals surface area contributed by atoms with Gasteiger partial charge >= 0.3 is 5.97 Å². The smallest absolute Gasteiger partial charge is 0.309 e. The molecule has 136 valence electrons. The maximum atomic E-state index is 12.1. The van der Waals surface area contributed by atoms with Gasteiger partial charge in [-0.1, -0.05) is 13.3 Å². The number of hydrogen-bond acceptors (Lipinski definition) is 3. The van der Waals surface area contributed by atoms with Crippen LogP contribution in [0.15, 0.2) is 0 Å². The number of carboxylic acid groups (broad SMARTS) is 1. The van der Waals surface area contributed by atoms with E-state index in [4.69, 9.17) is 0 Å². The van der Waals surface area contributed by atoms with Crippen molar-refractivity contribution in [2.45, 2.75) is 71.3 Å². The van der Waals surface area contributed by atoms with E-state index in [-0.39, 0.29) is 29.3 Å². The molecule has 0 aromatic heterocycles. The second-order valence-corrected chi connectivity index (χ2v) is 9.79. The number of carbonyl (C=O) groups is 1. The summed E-state index contributed by atoms with van der Waals surface area (Å²) in [4.78, 5) is 12.1. The van der Waals surface area contributed by atoms with Crippen molar-refractivity contribution in [2.75, 3.05) is 6.61 Å². The monoisotopic (exact) mass is 336 g/mol. The molecule has 24 heavy (non-hydrogen) atoms. The third-order valence-corrected chi connectivity index (χ3v) is 9.13. The van der Waals surface area contributed by atoms with Crippen LogP contribution < -0.4 is 0 Å². The van der Waals surface area contributed by atoms with Crippen molar-refractivity contribution in [1.82, 2.24) is 0 Å². The fourth-order valence-corrected chi connectivity index (χ4v) is 8.08. The van der Waals surface area contributed by atoms with Gasteiger partial charge < -0.3 is 15.3 Å². The van der Waals surface area contributed by atoms with E-state index in [1.807, 2.05) is 6.92 Å². The minimum atomic E-state index is -0.636. The Morgan fingerprint density at radius 1 is 1.08 bits per heavy atom. The molecule has 0 amide bonds. The quantitative estimate of drug-likeness (QED) is 0.724. The summed E-state index contributed by atoms with van der Waals surface area (Å²) >= 11 is 0. The lowest BCUT2D eigenvalue weighted by molar-refractivity contribution is -0.192. The lowest BCUT2D eigenvalue weighted by Crippen LogP contribution is -2.60. The Kier molecular flexibility index (Phi) is 3.65. The summed E-state index contributed by atoms with van der Waals surface area (Å²) in [7, 11) is 0. The van der Waals surface area contributed by atoms with E-state index in [1.165, 1.54) is 0 Å². The van der Waals surface area contributed by atoms with E-state index >= 15 is 0 Å². The normalized spacial score (nSPS) is 56.4. The molecule has 0 unspecified atom stereocenters. The summed E-state index contributed by atoms with van der Waals surface area (Å²) in [6, 6.07) is 0. The van der Waals surface area contributed by atoms with Crippen LogP contribution in [0.5, 0.6) is 0 Å². The van der Waals surface area contributed by atoms with E-state index in [0.29, 0.717) is 11.8 Å². The van der Waals surface area contributed by atoms with Crippen molar-refractivity contribution in [2.24, 2.45) is 39.9 Å². The highest BCUT2D eigenvalue weighted by molar-refractivity contribution is 5.75. The molecule has 4 nitrogen and oxygen atoms in total. The zero-order valence-corrected chi connectivity index (χ0v) is 15.0. The number of aliphatic carboxylic acids is 1. The molecule has 4 rings (SSSR count). The molecule has 4 aliphatic carbocycles. The van der Waals surface area contributed by atoms with Gasteiger partial charge in [0.05, 0.1) is 11.5 Å². The zero-order chi connectivity index (χ0) is 17.3. The van der Waals surface area contributed by atoms with Gasteiger partial charge in [0.1, 0.15) is 0 Å². The highest BCUT2D eigenvalue weighted by atomic mass is 16.4. The Morgan fingerprint density at radius 2 is 1.83 bits per heavy atom. The first-order valence-electron chi connectivity index (χ1n) is 9.82. The van der Waals surface area contributed by atoms with Gasteiger partial charge in [-0.2, -0.15) is 0 Å². The van der Waals surface area contributed by atoms with E-state index in [9.17, 15) is 20.1 Å². The minimum absolute atomic E-state index is 0.0138. The van der Waals surface area contributed by atoms with E-state index in [2.05, 4.69) is 6.92 Å². The number of hydrogen-bond donors (Lipinski definition) is 3. The summed E-state index contributed by atoms with van der Waals surface area (Å²) in [5.74, 6) is 0.470. The molecule has 4 aliphatic rings. The fourth-order valence-electron chi connectivity index (χ4n) is 8.08. The predicted molar refractivity (Wildman–Crippen MR) is 90.3 cm³/mol. The maximum Gasteiger partial charge on any atom is 0.309 e. The third-order valence-electron chi connectivity index (χ3n) is 9.13. The Balaban J connectivity index is 1.75. The summed E-state index contributed by atoms with van der Waals surface area (Å²) < 4.78 is 0. The largest absolute Gasteiger partial charge is 0.481 e. The van der Waals surface area contributed by atoms with Gasteiger partial charge in [0, 0.05) is 17.9 Å². The standard InChI is InChI=1S/C20H32O4/c1-18-7-3-8-19(2,17(23)24)14(18)6-9-20-10-12(4-5-15(18)20)13(11-21)16(20)22/h12-16,21-22H,3-11H2,1-2H3,(H,23,24)/t12-,13-,14+,15+,16-,18-,19-,20-/m1/s1. The van der Waals surface area contributed by atoms with Gasteiger partial charge in [0.25, 0.3) is 0 Å². The molecule has 2 bridgehead atoms. The van der Waals surface area contributed by atoms with Crippen molar-refractivity contribution in [3.05, 3.63) is 0 Å². The Hall–Kier alpha value is -0.610. The molecular weight excluding hydrogens is 304 g/mol. The third kappa shape index (κ3) is 1.85. The molecule has 0 radical (unpaired) electrons. The lowest BCUT2D eigenvalue weighted by Gasteiger charge is -2.63. The van der Waals surface area contributed by atoms with Crippen LogP contribution in [0.3, 0.4) is 0 Å². The number of aliphatic hydroxyl groups excluding tert-OH is 2. The molecule has 4 saturated carbocycles. The van der Waals surface area contributed by atoms with Crippen molar-refractivity contribution < 1.29 is 20.1 Å². The average Bonchev–Trinajstić information content (AvgIpc) is 2.73. The predicted octanol–water partition coefficient (Wildman–Crippen LogP) is 3.06. The van der Waals surface area contributed by atoms with Crippen LogP contribution in [0.1, 0.15) is 65.2 Å². The van der Waals surface area contributed by atoms with Gasteiger partial charge in [-0.05, 0) is 75.0 Å². The zero-order valence-electron chi connectivity index (χ0n) is 15.0. The summed E-state index contributed by atoms with van der Waals surface area (Å²) in [6.45, 7) is 4.37. The van der Waals surface area contributed by atoms with Crippen molar-refractivity contribution in [1.29, 1.82) is 0 Å². The van der Waals surface area contributed by atoms with E-state index < -0.39 is 17.5 Å². The first-order chi connectivity index (χ1) is 11.3. The lowest BCUT2D eigenvalue weighted by atomic mass is 9.40. The van der Waals surface area contributed by atoms with Gasteiger partial charge in [-0.15, -0.1) is 0 Å². The van der Waals surface area contributed by atoms with Crippen LogP contribution in [0.25, 0.3) is 0 Å². The molecule has 0 aromatic carbocycles. The van der Waals surface area contributed by atoms with Crippen LogP contribution in [-0.2, 0) is 4.79 Å². The van der Waals surface area contributed by atoms with Crippen LogP contribution >= 0.6 is 0 Å². The first kappa shape index (κ1) is 16.8. The second-order valence-electron chi connectivity index (χ2n) is 9.79. The van der Waals surface area contributed by atoms with Crippen molar-refractivity contribution >= 4 is 5.97 Å².